The molecule has 0 aliphatic heterocycles. The normalized spacial score (nSPS) is 21.1. The van der Waals surface area contributed by atoms with Crippen molar-refractivity contribution in [3.8, 4) is 6.07 Å². The van der Waals surface area contributed by atoms with Crippen LogP contribution in [0, 0.1) is 11.3 Å². The van der Waals surface area contributed by atoms with Gasteiger partial charge in [0.15, 0.2) is 0 Å². The molecule has 1 N–H and O–H groups in total. The molecule has 0 saturated heterocycles. The maximum Gasteiger partial charge on any atom is 0.335 e. The van der Waals surface area contributed by atoms with Gasteiger partial charge in [0.1, 0.15) is 0 Å². The smallest absolute Gasteiger partial charge is 0.335 e. The van der Waals surface area contributed by atoms with Gasteiger partial charge in [-0.15, -0.1) is 6.58 Å². The number of hydrogen-bond acceptors (Lipinski definition) is 2. The molecule has 3 heteroatoms. The fraction of sp³-hybridized carbons (Fsp3) is 0.130. The van der Waals surface area contributed by atoms with Crippen LogP contribution in [0.2, 0.25) is 0 Å². The quantitative estimate of drug-likeness (QED) is 0.780. The molecular formula is C23H19NO2. The summed E-state index contributed by atoms with van der Waals surface area (Å²) in [5.74, 6) is -0.852. The highest BCUT2D eigenvalue weighted by Gasteiger charge is 2.30. The molecule has 0 fully saturated rings. The molecule has 0 aromatic heterocycles. The van der Waals surface area contributed by atoms with E-state index in [0.717, 1.165) is 11.1 Å². The molecule has 3 nitrogen and oxygen atoms in total. The van der Waals surface area contributed by atoms with Gasteiger partial charge in [-0.2, -0.15) is 5.26 Å². The highest BCUT2D eigenvalue weighted by atomic mass is 16.4. The van der Waals surface area contributed by atoms with Gasteiger partial charge < -0.3 is 5.11 Å². The molecule has 1 aliphatic rings. The van der Waals surface area contributed by atoms with Crippen molar-refractivity contribution >= 4 is 5.97 Å². The van der Waals surface area contributed by atoms with Crippen LogP contribution in [0.15, 0.2) is 85.5 Å². The fourth-order valence-electron chi connectivity index (χ4n) is 3.39. The Balaban J connectivity index is 1.94. The molecular weight excluding hydrogens is 322 g/mol. The van der Waals surface area contributed by atoms with Crippen molar-refractivity contribution in [2.75, 3.05) is 0 Å². The molecule has 0 saturated carbocycles. The van der Waals surface area contributed by atoms with E-state index in [1.54, 1.807) is 12.1 Å². The van der Waals surface area contributed by atoms with E-state index in [1.165, 1.54) is 0 Å². The second kappa shape index (κ2) is 7.25. The van der Waals surface area contributed by atoms with E-state index >= 15 is 0 Å². The Morgan fingerprint density at radius 3 is 2.38 bits per heavy atom. The number of carboxylic acid groups (broad SMARTS) is 1. The zero-order chi connectivity index (χ0) is 18.6. The summed E-state index contributed by atoms with van der Waals surface area (Å²) in [4.78, 5) is 11.0. The lowest BCUT2D eigenvalue weighted by molar-refractivity contribution is 0.0697. The minimum Gasteiger partial charge on any atom is -0.478 e. The summed E-state index contributed by atoms with van der Waals surface area (Å²) >= 11 is 0. The Morgan fingerprint density at radius 2 is 1.81 bits per heavy atom. The Labute approximate surface area is 153 Å². The van der Waals surface area contributed by atoms with Gasteiger partial charge in [-0.1, -0.05) is 60.7 Å². The maximum atomic E-state index is 11.0. The van der Waals surface area contributed by atoms with Crippen LogP contribution in [-0.2, 0) is 5.41 Å². The Kier molecular flexibility index (Phi) is 4.86. The average molecular weight is 341 g/mol. The Bertz CT molecular complexity index is 915. The van der Waals surface area contributed by atoms with Crippen LogP contribution in [-0.4, -0.2) is 11.1 Å². The summed E-state index contributed by atoms with van der Waals surface area (Å²) in [5, 5.41) is 18.5. The van der Waals surface area contributed by atoms with Crippen LogP contribution < -0.4 is 0 Å². The average Bonchev–Trinajstić information content (AvgIpc) is 2.69. The van der Waals surface area contributed by atoms with E-state index in [1.807, 2.05) is 42.5 Å². The molecule has 26 heavy (non-hydrogen) atoms. The summed E-state index contributed by atoms with van der Waals surface area (Å²) in [6.07, 6.45) is 11.0. The minimum absolute atomic E-state index is 0.0741. The van der Waals surface area contributed by atoms with Gasteiger partial charge in [0, 0.05) is 11.3 Å². The topological polar surface area (TPSA) is 61.1 Å². The first-order valence-electron chi connectivity index (χ1n) is 8.42. The number of hydrogen-bond donors (Lipinski definition) is 1. The van der Waals surface area contributed by atoms with E-state index in [2.05, 4.69) is 37.0 Å². The molecule has 0 atom stereocenters. The number of rotatable bonds is 5. The Hall–Kier alpha value is -3.38. The lowest BCUT2D eigenvalue weighted by atomic mass is 9.71. The van der Waals surface area contributed by atoms with E-state index in [9.17, 15) is 10.1 Å². The summed E-state index contributed by atoms with van der Waals surface area (Å²) in [6, 6.07) is 16.8. The summed E-state index contributed by atoms with van der Waals surface area (Å²) < 4.78 is 0. The molecule has 0 spiro atoms. The third-order valence-electron chi connectivity index (χ3n) is 4.78. The van der Waals surface area contributed by atoms with Gasteiger partial charge in [0.2, 0.25) is 0 Å². The fourth-order valence-corrected chi connectivity index (χ4v) is 3.39. The number of allylic oxidation sites excluding steroid dienone is 5. The van der Waals surface area contributed by atoms with Crippen molar-refractivity contribution in [1.29, 1.82) is 5.26 Å². The van der Waals surface area contributed by atoms with E-state index < -0.39 is 5.97 Å². The van der Waals surface area contributed by atoms with Gasteiger partial charge in [0.25, 0.3) is 0 Å². The van der Waals surface area contributed by atoms with Gasteiger partial charge in [-0.25, -0.2) is 4.79 Å². The van der Waals surface area contributed by atoms with Crippen molar-refractivity contribution in [1.82, 2.24) is 0 Å². The first-order chi connectivity index (χ1) is 12.6. The highest BCUT2D eigenvalue weighted by molar-refractivity contribution is 5.87. The first kappa shape index (κ1) is 17.4. The van der Waals surface area contributed by atoms with E-state index in [0.29, 0.717) is 12.0 Å². The van der Waals surface area contributed by atoms with E-state index in [-0.39, 0.29) is 16.9 Å². The number of nitriles is 1. The van der Waals surface area contributed by atoms with Crippen LogP contribution in [0.3, 0.4) is 0 Å². The number of aromatic carboxylic acids is 1. The second-order valence-corrected chi connectivity index (χ2v) is 6.36. The minimum atomic E-state index is -0.926. The van der Waals surface area contributed by atoms with Gasteiger partial charge in [0.05, 0.1) is 17.2 Å². The molecule has 0 radical (unpaired) electrons. The van der Waals surface area contributed by atoms with Gasteiger partial charge >= 0.3 is 5.97 Å². The molecule has 1 aliphatic carbocycles. The molecule has 0 unspecified atom stereocenters. The largest absolute Gasteiger partial charge is 0.478 e. The predicted octanol–water partition coefficient (Wildman–Crippen LogP) is 4.98. The monoisotopic (exact) mass is 341 g/mol. The van der Waals surface area contributed by atoms with Crippen LogP contribution in [0.1, 0.15) is 39.4 Å². The molecule has 2 aromatic carbocycles. The van der Waals surface area contributed by atoms with Crippen molar-refractivity contribution < 1.29 is 9.90 Å². The zero-order valence-electron chi connectivity index (χ0n) is 14.3. The molecule has 0 heterocycles. The molecule has 128 valence electrons. The van der Waals surface area contributed by atoms with Crippen LogP contribution in [0.4, 0.5) is 0 Å². The summed E-state index contributed by atoms with van der Waals surface area (Å²) in [7, 11) is 0. The van der Waals surface area contributed by atoms with Crippen LogP contribution in [0.25, 0.3) is 0 Å². The molecule has 0 bridgehead atoms. The standard InChI is InChI=1S/C23H19NO2/c1-2-13-23(21-6-4-3-5-20(21)16-24)14-11-18(12-15-23)17-7-9-19(10-8-17)22(25)26/h2-12,14-15,18H,1,13H2,(H,25,26). The number of carbonyl (C=O) groups is 1. The van der Waals surface area contributed by atoms with Crippen molar-refractivity contribution in [2.45, 2.75) is 17.8 Å². The van der Waals surface area contributed by atoms with Gasteiger partial charge in [-0.05, 0) is 35.7 Å². The summed E-state index contributed by atoms with van der Waals surface area (Å²) in [5.41, 5.74) is 2.55. The van der Waals surface area contributed by atoms with Crippen LogP contribution >= 0.6 is 0 Å². The van der Waals surface area contributed by atoms with Crippen LogP contribution in [0.5, 0.6) is 0 Å². The second-order valence-electron chi connectivity index (χ2n) is 6.36. The number of nitrogens with zero attached hydrogens (tertiary/aromatic N) is 1. The Morgan fingerprint density at radius 1 is 1.15 bits per heavy atom. The third-order valence-corrected chi connectivity index (χ3v) is 4.78. The third kappa shape index (κ3) is 3.22. The van der Waals surface area contributed by atoms with Gasteiger partial charge in [-0.3, -0.25) is 0 Å². The van der Waals surface area contributed by atoms with E-state index in [4.69, 9.17) is 5.11 Å². The van der Waals surface area contributed by atoms with Crippen molar-refractivity contribution in [2.24, 2.45) is 0 Å². The lowest BCUT2D eigenvalue weighted by Crippen LogP contribution is -2.24. The van der Waals surface area contributed by atoms with Crippen molar-refractivity contribution in [3.63, 3.8) is 0 Å². The highest BCUT2D eigenvalue weighted by Crippen LogP contribution is 2.39. The number of carboxylic acids is 1. The number of benzene rings is 2. The zero-order valence-corrected chi connectivity index (χ0v) is 14.3. The first-order valence-corrected chi connectivity index (χ1v) is 8.42. The SMILES string of the molecule is C=CCC1(c2ccccc2C#N)C=CC(c2ccc(C(=O)O)cc2)C=C1. The maximum absolute atomic E-state index is 11.0. The molecule has 2 aromatic rings. The molecule has 0 amide bonds. The molecule has 3 rings (SSSR count). The lowest BCUT2D eigenvalue weighted by Gasteiger charge is -2.31. The van der Waals surface area contributed by atoms with Crippen molar-refractivity contribution in [3.05, 3.63) is 108 Å². The predicted molar refractivity (Wildman–Crippen MR) is 102 cm³/mol. The summed E-state index contributed by atoms with van der Waals surface area (Å²) in [6.45, 7) is 3.88.